The molecular formula is C17H20FN3O2. The summed E-state index contributed by atoms with van der Waals surface area (Å²) >= 11 is 0. The van der Waals surface area contributed by atoms with E-state index in [4.69, 9.17) is 0 Å². The summed E-state index contributed by atoms with van der Waals surface area (Å²) in [6.07, 6.45) is 3.81. The summed E-state index contributed by atoms with van der Waals surface area (Å²) in [7, 11) is 0. The maximum absolute atomic E-state index is 13.9. The molecule has 1 unspecified atom stereocenters. The summed E-state index contributed by atoms with van der Waals surface area (Å²) in [5.41, 5.74) is 3.99. The van der Waals surface area contributed by atoms with Crippen molar-refractivity contribution in [3.8, 4) is 0 Å². The Morgan fingerprint density at radius 2 is 2.04 bits per heavy atom. The first-order valence-electron chi connectivity index (χ1n) is 7.87. The first-order chi connectivity index (χ1) is 11.0. The molecule has 1 aliphatic carbocycles. The van der Waals surface area contributed by atoms with E-state index < -0.39 is 5.69 Å². The summed E-state index contributed by atoms with van der Waals surface area (Å²) < 4.78 is 16.5. The van der Waals surface area contributed by atoms with Crippen LogP contribution in [0.1, 0.15) is 49.9 Å². The molecule has 1 aliphatic rings. The van der Waals surface area contributed by atoms with Gasteiger partial charge in [0, 0.05) is 18.3 Å². The average Bonchev–Trinajstić information content (AvgIpc) is 2.51. The molecule has 1 heterocycles. The lowest BCUT2D eigenvalue weighted by atomic mass is 9.88. The Bertz CT molecular complexity index is 838. The molecule has 0 bridgehead atoms. The molecular weight excluding hydrogens is 297 g/mol. The van der Waals surface area contributed by atoms with Gasteiger partial charge in [-0.1, -0.05) is 12.1 Å². The highest BCUT2D eigenvalue weighted by Crippen LogP contribution is 2.31. The van der Waals surface area contributed by atoms with E-state index in [0.29, 0.717) is 12.0 Å². The Kier molecular flexibility index (Phi) is 4.07. The van der Waals surface area contributed by atoms with Crippen LogP contribution in [0.2, 0.25) is 0 Å². The minimum atomic E-state index is -0.406. The van der Waals surface area contributed by atoms with Crippen molar-refractivity contribution in [2.45, 2.75) is 45.2 Å². The largest absolute Gasteiger partial charge is 0.349 e. The third-order valence-corrected chi connectivity index (χ3v) is 4.28. The van der Waals surface area contributed by atoms with Crippen molar-refractivity contribution < 1.29 is 4.39 Å². The van der Waals surface area contributed by atoms with Gasteiger partial charge in [0.1, 0.15) is 5.82 Å². The maximum atomic E-state index is 13.9. The molecule has 0 radical (unpaired) electrons. The van der Waals surface area contributed by atoms with Crippen LogP contribution in [0, 0.1) is 5.82 Å². The van der Waals surface area contributed by atoms with Crippen LogP contribution in [0.15, 0.2) is 40.1 Å². The van der Waals surface area contributed by atoms with Crippen LogP contribution in [-0.4, -0.2) is 9.24 Å². The molecule has 0 spiro atoms. The zero-order valence-corrected chi connectivity index (χ0v) is 13.3. The number of nitrogens with one attached hydrogen (secondary N) is 1. The van der Waals surface area contributed by atoms with Crippen molar-refractivity contribution in [1.29, 1.82) is 0 Å². The molecule has 3 rings (SSSR count). The molecule has 0 saturated heterocycles. The first kappa shape index (κ1) is 15.5. The number of rotatable bonds is 3. The Morgan fingerprint density at radius 3 is 2.78 bits per heavy atom. The van der Waals surface area contributed by atoms with Gasteiger partial charge in [-0.3, -0.25) is 9.36 Å². The number of hydrogen-bond donors (Lipinski definition) is 1. The maximum Gasteiger partial charge on any atom is 0.349 e. The van der Waals surface area contributed by atoms with Crippen molar-refractivity contribution >= 4 is 0 Å². The van der Waals surface area contributed by atoms with Gasteiger partial charge in [-0.2, -0.15) is 0 Å². The molecule has 122 valence electrons. The summed E-state index contributed by atoms with van der Waals surface area (Å²) in [6.45, 7) is 3.58. The standard InChI is InChI=1S/C17H20FN3O2/c1-11(2)21-16(22)9-10-20(17(21)23)19-15-8-4-5-12-13(15)6-3-7-14(12)18/h3,6-7,9-11,15,19H,4-5,8H2,1-2H3. The quantitative estimate of drug-likeness (QED) is 0.945. The third-order valence-electron chi connectivity index (χ3n) is 4.28. The zero-order valence-electron chi connectivity index (χ0n) is 13.3. The average molecular weight is 317 g/mol. The molecule has 5 nitrogen and oxygen atoms in total. The molecule has 1 atom stereocenters. The summed E-state index contributed by atoms with van der Waals surface area (Å²) in [4.78, 5) is 24.3. The number of fused-ring (bicyclic) bond motifs is 1. The number of benzene rings is 1. The highest BCUT2D eigenvalue weighted by atomic mass is 19.1. The fraction of sp³-hybridized carbons (Fsp3) is 0.412. The second-order valence-electron chi connectivity index (χ2n) is 6.15. The van der Waals surface area contributed by atoms with Gasteiger partial charge in [0.15, 0.2) is 0 Å². The zero-order chi connectivity index (χ0) is 16.6. The minimum absolute atomic E-state index is 0.148. The van der Waals surface area contributed by atoms with Gasteiger partial charge in [0.25, 0.3) is 5.56 Å². The monoisotopic (exact) mass is 317 g/mol. The van der Waals surface area contributed by atoms with E-state index >= 15 is 0 Å². The number of halogens is 1. The predicted octanol–water partition coefficient (Wildman–Crippen LogP) is 2.35. The van der Waals surface area contributed by atoms with E-state index in [0.717, 1.165) is 18.4 Å². The summed E-state index contributed by atoms with van der Waals surface area (Å²) in [5, 5.41) is 0. The second-order valence-corrected chi connectivity index (χ2v) is 6.15. The fourth-order valence-electron chi connectivity index (χ4n) is 3.17. The predicted molar refractivity (Wildman–Crippen MR) is 86.8 cm³/mol. The molecule has 1 aromatic heterocycles. The molecule has 1 aromatic carbocycles. The van der Waals surface area contributed by atoms with E-state index in [9.17, 15) is 14.0 Å². The van der Waals surface area contributed by atoms with Gasteiger partial charge < -0.3 is 5.43 Å². The van der Waals surface area contributed by atoms with Crippen molar-refractivity contribution in [3.63, 3.8) is 0 Å². The van der Waals surface area contributed by atoms with E-state index in [1.165, 1.54) is 27.6 Å². The Balaban J connectivity index is 1.99. The van der Waals surface area contributed by atoms with Crippen molar-refractivity contribution in [2.24, 2.45) is 0 Å². The molecule has 0 aliphatic heterocycles. The first-order valence-corrected chi connectivity index (χ1v) is 7.87. The lowest BCUT2D eigenvalue weighted by molar-refractivity contribution is 0.486. The van der Waals surface area contributed by atoms with Gasteiger partial charge >= 0.3 is 5.69 Å². The normalized spacial score (nSPS) is 17.1. The Morgan fingerprint density at radius 1 is 1.26 bits per heavy atom. The molecule has 23 heavy (non-hydrogen) atoms. The molecule has 0 saturated carbocycles. The van der Waals surface area contributed by atoms with Gasteiger partial charge in [-0.05, 0) is 50.3 Å². The summed E-state index contributed by atoms with van der Waals surface area (Å²) in [5.74, 6) is -0.200. The van der Waals surface area contributed by atoms with Gasteiger partial charge in [0.05, 0.1) is 6.04 Å². The minimum Gasteiger partial charge on any atom is -0.314 e. The molecule has 0 fully saturated rings. The molecule has 1 N–H and O–H groups in total. The SMILES string of the molecule is CC(C)n1c(=O)ccn(NC2CCCc3c(F)cccc32)c1=O. The van der Waals surface area contributed by atoms with Crippen molar-refractivity contribution in [2.75, 3.05) is 5.43 Å². The van der Waals surface area contributed by atoms with Gasteiger partial charge in [-0.25, -0.2) is 13.9 Å². The summed E-state index contributed by atoms with van der Waals surface area (Å²) in [6, 6.07) is 6.03. The lowest BCUT2D eigenvalue weighted by Gasteiger charge is -2.28. The van der Waals surface area contributed by atoms with Gasteiger partial charge in [0.2, 0.25) is 0 Å². The molecule has 2 aromatic rings. The smallest absolute Gasteiger partial charge is 0.314 e. The fourth-order valence-corrected chi connectivity index (χ4v) is 3.17. The van der Waals surface area contributed by atoms with Crippen LogP contribution in [0.4, 0.5) is 4.39 Å². The van der Waals surface area contributed by atoms with E-state index in [2.05, 4.69) is 5.43 Å². The highest BCUT2D eigenvalue weighted by Gasteiger charge is 2.23. The van der Waals surface area contributed by atoms with E-state index in [-0.39, 0.29) is 23.5 Å². The van der Waals surface area contributed by atoms with Crippen LogP contribution in [0.3, 0.4) is 0 Å². The number of aromatic nitrogens is 2. The highest BCUT2D eigenvalue weighted by molar-refractivity contribution is 5.34. The van der Waals surface area contributed by atoms with Crippen LogP contribution < -0.4 is 16.7 Å². The lowest BCUT2D eigenvalue weighted by Crippen LogP contribution is -2.44. The third kappa shape index (κ3) is 2.81. The van der Waals surface area contributed by atoms with E-state index in [1.807, 2.05) is 6.07 Å². The molecule has 6 heteroatoms. The topological polar surface area (TPSA) is 56.0 Å². The molecule has 0 amide bonds. The Hall–Kier alpha value is -2.37. The van der Waals surface area contributed by atoms with Gasteiger partial charge in [-0.15, -0.1) is 0 Å². The van der Waals surface area contributed by atoms with Crippen LogP contribution in [0.25, 0.3) is 0 Å². The number of hydrogen-bond acceptors (Lipinski definition) is 3. The number of nitrogens with zero attached hydrogens (tertiary/aromatic N) is 2. The van der Waals surface area contributed by atoms with Crippen LogP contribution in [0.5, 0.6) is 0 Å². The Labute approximate surface area is 133 Å². The van der Waals surface area contributed by atoms with Crippen molar-refractivity contribution in [3.05, 3.63) is 68.2 Å². The van der Waals surface area contributed by atoms with Crippen LogP contribution >= 0.6 is 0 Å². The second kappa shape index (κ2) is 6.02. The van der Waals surface area contributed by atoms with Crippen molar-refractivity contribution in [1.82, 2.24) is 9.24 Å². The van der Waals surface area contributed by atoms with E-state index in [1.54, 1.807) is 19.9 Å². The van der Waals surface area contributed by atoms with Crippen LogP contribution in [-0.2, 0) is 6.42 Å².